The first-order valence-corrected chi connectivity index (χ1v) is 5.01. The van der Waals surface area contributed by atoms with E-state index < -0.39 is 10.8 Å². The first kappa shape index (κ1) is 13.8. The van der Waals surface area contributed by atoms with Crippen molar-refractivity contribution in [1.82, 2.24) is 0 Å². The van der Waals surface area contributed by atoms with Gasteiger partial charge in [0.25, 0.3) is 0 Å². The number of aliphatic hydroxyl groups excluding tert-OH is 3. The normalized spacial score (nSPS) is 14.4. The number of quaternary nitrogens is 1. The molecule has 5 heteroatoms. The van der Waals surface area contributed by atoms with Crippen molar-refractivity contribution in [3.63, 3.8) is 0 Å². The molecule has 0 amide bonds. The molecule has 0 radical (unpaired) electrons. The van der Waals surface area contributed by atoms with Crippen LogP contribution in [0.4, 0.5) is 0 Å². The van der Waals surface area contributed by atoms with E-state index in [-0.39, 0.29) is 19.8 Å². The fourth-order valence-corrected chi connectivity index (χ4v) is 1.49. The summed E-state index contributed by atoms with van der Waals surface area (Å²) in [6, 6.07) is 0. The molecule has 5 nitrogen and oxygen atoms in total. The van der Waals surface area contributed by atoms with Gasteiger partial charge < -0.3 is 25.2 Å². The van der Waals surface area contributed by atoms with Gasteiger partial charge in [-0.2, -0.15) is 0 Å². The molecule has 0 spiro atoms. The Bertz CT molecular complexity index is 133. The van der Waals surface area contributed by atoms with Gasteiger partial charge >= 0.3 is 0 Å². The van der Waals surface area contributed by atoms with Crippen molar-refractivity contribution in [2.45, 2.75) is 25.9 Å². The van der Waals surface area contributed by atoms with Crippen molar-refractivity contribution in [2.75, 3.05) is 32.8 Å². The molecule has 0 rings (SSSR count). The zero-order valence-electron chi connectivity index (χ0n) is 8.72. The molecule has 0 aromatic heterocycles. The van der Waals surface area contributed by atoms with E-state index in [1.54, 1.807) is 6.92 Å². The number of nitrogens with zero attached hydrogens (tertiary/aromatic N) is 1. The molecule has 86 valence electrons. The summed E-state index contributed by atoms with van der Waals surface area (Å²) >= 11 is 0. The van der Waals surface area contributed by atoms with Crippen LogP contribution in [-0.2, 0) is 0 Å². The maximum atomic E-state index is 12.0. The third kappa shape index (κ3) is 6.28. The van der Waals surface area contributed by atoms with Crippen molar-refractivity contribution >= 4 is 0 Å². The lowest BCUT2D eigenvalue weighted by atomic mass is 10.3. The molecule has 0 aromatic rings. The predicted molar refractivity (Wildman–Crippen MR) is 53.3 cm³/mol. The van der Waals surface area contributed by atoms with Gasteiger partial charge in [0.2, 0.25) is 0 Å². The third-order valence-electron chi connectivity index (χ3n) is 2.04. The molecule has 3 N–H and O–H groups in total. The lowest BCUT2D eigenvalue weighted by Gasteiger charge is -2.43. The van der Waals surface area contributed by atoms with Gasteiger partial charge in [-0.1, -0.05) is 0 Å². The highest BCUT2D eigenvalue weighted by atomic mass is 16.5. The molecule has 0 aliphatic heterocycles. The van der Waals surface area contributed by atoms with E-state index in [2.05, 4.69) is 0 Å². The topological polar surface area (TPSA) is 83.8 Å². The maximum Gasteiger partial charge on any atom is 0.104 e. The number of hydrogen-bond donors (Lipinski definition) is 3. The van der Waals surface area contributed by atoms with Crippen molar-refractivity contribution in [3.8, 4) is 0 Å². The van der Waals surface area contributed by atoms with E-state index in [1.807, 2.05) is 0 Å². The molecule has 0 bridgehead atoms. The molecule has 0 aliphatic carbocycles. The third-order valence-corrected chi connectivity index (χ3v) is 2.04. The zero-order chi connectivity index (χ0) is 11.0. The average molecular weight is 207 g/mol. The summed E-state index contributed by atoms with van der Waals surface area (Å²) in [6.45, 7) is 2.26. The van der Waals surface area contributed by atoms with E-state index in [1.165, 1.54) is 0 Å². The predicted octanol–water partition coefficient (Wildman–Crippen LogP) is -0.553. The Balaban J connectivity index is 4.03. The minimum absolute atomic E-state index is 0.0127. The molecular formula is C9H21NO4. The van der Waals surface area contributed by atoms with Crippen molar-refractivity contribution in [2.24, 2.45) is 0 Å². The van der Waals surface area contributed by atoms with Crippen LogP contribution < -0.4 is 0 Å². The average Bonchev–Trinajstić information content (AvgIpc) is 2.11. The molecule has 0 saturated carbocycles. The molecule has 1 unspecified atom stereocenters. The van der Waals surface area contributed by atoms with Crippen molar-refractivity contribution in [3.05, 3.63) is 5.21 Å². The Kier molecular flexibility index (Phi) is 7.04. The van der Waals surface area contributed by atoms with Crippen LogP contribution in [0.15, 0.2) is 0 Å². The van der Waals surface area contributed by atoms with Gasteiger partial charge in [0.05, 0.1) is 13.1 Å². The quantitative estimate of drug-likeness (QED) is 0.368. The summed E-state index contributed by atoms with van der Waals surface area (Å²) in [5.41, 5.74) is 0. The molecule has 0 aliphatic rings. The molecular weight excluding hydrogens is 186 g/mol. The number of rotatable bonds is 8. The highest BCUT2D eigenvalue weighted by molar-refractivity contribution is 4.51. The van der Waals surface area contributed by atoms with Gasteiger partial charge in [-0.15, -0.1) is 0 Å². The Morgan fingerprint density at radius 3 is 1.86 bits per heavy atom. The first-order valence-electron chi connectivity index (χ1n) is 5.01. The highest BCUT2D eigenvalue weighted by Crippen LogP contribution is 2.09. The summed E-state index contributed by atoms with van der Waals surface area (Å²) in [6.07, 6.45) is 0.216. The lowest BCUT2D eigenvalue weighted by molar-refractivity contribution is -0.884. The van der Waals surface area contributed by atoms with Crippen molar-refractivity contribution < 1.29 is 20.0 Å². The number of hydroxylamine groups is 3. The summed E-state index contributed by atoms with van der Waals surface area (Å²) in [4.78, 5) is 0. The number of hydrogen-bond acceptors (Lipinski definition) is 4. The highest BCUT2D eigenvalue weighted by Gasteiger charge is 2.18. The summed E-state index contributed by atoms with van der Waals surface area (Å²) < 4.78 is -0.529. The molecule has 14 heavy (non-hydrogen) atoms. The van der Waals surface area contributed by atoms with Gasteiger partial charge in [0.15, 0.2) is 0 Å². The maximum absolute atomic E-state index is 12.0. The Morgan fingerprint density at radius 1 is 1.14 bits per heavy atom. The van der Waals surface area contributed by atoms with Crippen LogP contribution in [0.1, 0.15) is 19.8 Å². The van der Waals surface area contributed by atoms with E-state index in [0.717, 1.165) is 0 Å². The minimum atomic E-state index is -0.648. The Hall–Kier alpha value is -0.200. The van der Waals surface area contributed by atoms with Gasteiger partial charge in [-0.05, 0) is 6.92 Å². The van der Waals surface area contributed by atoms with Crippen LogP contribution in [-0.4, -0.2) is 58.9 Å². The largest absolute Gasteiger partial charge is 0.633 e. The fraction of sp³-hybridized carbons (Fsp3) is 1.00. The molecule has 0 aromatic carbocycles. The van der Waals surface area contributed by atoms with Gasteiger partial charge in [0, 0.05) is 26.1 Å². The van der Waals surface area contributed by atoms with E-state index in [9.17, 15) is 5.21 Å². The first-order chi connectivity index (χ1) is 6.54. The zero-order valence-corrected chi connectivity index (χ0v) is 8.72. The molecule has 1 atom stereocenters. The van der Waals surface area contributed by atoms with Crippen molar-refractivity contribution in [1.29, 1.82) is 0 Å². The summed E-state index contributed by atoms with van der Waals surface area (Å²) in [5, 5.41) is 38.4. The lowest BCUT2D eigenvalue weighted by Crippen LogP contribution is -2.48. The molecule has 0 saturated heterocycles. The Labute approximate surface area is 84.8 Å². The summed E-state index contributed by atoms with van der Waals surface area (Å²) in [5.74, 6) is 0. The van der Waals surface area contributed by atoms with Crippen LogP contribution in [0.25, 0.3) is 0 Å². The molecule has 0 fully saturated rings. The van der Waals surface area contributed by atoms with E-state index in [0.29, 0.717) is 25.9 Å². The SMILES string of the molecule is CC(O)C[N+]([O-])(CCCO)CCCO. The van der Waals surface area contributed by atoms with E-state index in [4.69, 9.17) is 15.3 Å². The molecule has 0 heterocycles. The van der Waals surface area contributed by atoms with E-state index >= 15 is 0 Å². The Morgan fingerprint density at radius 2 is 1.57 bits per heavy atom. The van der Waals surface area contributed by atoms with Gasteiger partial charge in [-0.3, -0.25) is 0 Å². The fourth-order valence-electron chi connectivity index (χ4n) is 1.49. The monoisotopic (exact) mass is 207 g/mol. The van der Waals surface area contributed by atoms with Crippen LogP contribution in [0.5, 0.6) is 0 Å². The second-order valence-corrected chi connectivity index (χ2v) is 3.69. The second-order valence-electron chi connectivity index (χ2n) is 3.69. The van der Waals surface area contributed by atoms with Crippen LogP contribution in [0.2, 0.25) is 0 Å². The standard InChI is InChI=1S/C9H21NO4/c1-9(13)8-10(14,4-2-6-11)5-3-7-12/h9,11-13H,2-8H2,1H3. The smallest absolute Gasteiger partial charge is 0.104 e. The van der Waals surface area contributed by atoms with Crippen LogP contribution >= 0.6 is 0 Å². The minimum Gasteiger partial charge on any atom is -0.633 e. The van der Waals surface area contributed by atoms with Gasteiger partial charge in [-0.25, -0.2) is 0 Å². The van der Waals surface area contributed by atoms with Crippen LogP contribution in [0, 0.1) is 5.21 Å². The second kappa shape index (κ2) is 7.14. The van der Waals surface area contributed by atoms with Gasteiger partial charge in [0.1, 0.15) is 12.6 Å². The number of aliphatic hydroxyl groups is 3. The summed E-state index contributed by atoms with van der Waals surface area (Å²) in [7, 11) is 0. The van der Waals surface area contributed by atoms with Crippen LogP contribution in [0.3, 0.4) is 0 Å².